The maximum Gasteiger partial charge on any atom is 0.278 e. The Morgan fingerprint density at radius 2 is 1.69 bits per heavy atom. The summed E-state index contributed by atoms with van der Waals surface area (Å²) in [6.07, 6.45) is 1.14. The van der Waals surface area contributed by atoms with Gasteiger partial charge in [0, 0.05) is 31.6 Å². The Hall–Kier alpha value is -3.21. The Bertz CT molecular complexity index is 1100. The van der Waals surface area contributed by atoms with Crippen molar-refractivity contribution in [1.29, 1.82) is 0 Å². The van der Waals surface area contributed by atoms with Crippen LogP contribution in [0, 0.1) is 10.1 Å². The second-order valence-electron chi connectivity index (χ2n) is 9.33. The number of piperidine rings is 1. The van der Waals surface area contributed by atoms with Crippen molar-refractivity contribution in [3.05, 3.63) is 57.6 Å². The Kier molecular flexibility index (Phi) is 6.35. The zero-order valence-electron chi connectivity index (χ0n) is 19.8. The molecular weight excluding hydrogens is 454 g/mol. The lowest BCUT2D eigenvalue weighted by Crippen LogP contribution is -2.48. The molecule has 1 amide bonds. The molecular formula is C25H29N3O7. The average molecular weight is 484 g/mol. The predicted molar refractivity (Wildman–Crippen MR) is 127 cm³/mol. The molecule has 10 nitrogen and oxygen atoms in total. The third-order valence-corrected chi connectivity index (χ3v) is 6.84. The zero-order valence-corrected chi connectivity index (χ0v) is 19.8. The standard InChI is InChI=1S/C25H29N3O7/c1-16(2)17-3-5-18(6-4-17)26-24(29)23(27-9-7-25(8-10-27)34-11-12-35-25)19-13-21-22(33-15-32-21)14-20(19)28(30)31/h3-6,13-14,16,23H,7-12,15H2,1-2H3,(H,26,29)/t23-/m0/s1. The van der Waals surface area contributed by atoms with E-state index in [1.165, 1.54) is 6.07 Å². The maximum absolute atomic E-state index is 13.7. The SMILES string of the molecule is CC(C)c1ccc(NC(=O)[C@H](c2cc3c(cc2[N+](=O)[O-])OCO3)N2CCC3(CC2)OCCO3)cc1. The number of nitrogens with zero attached hydrogens (tertiary/aromatic N) is 2. The molecule has 2 aromatic carbocycles. The van der Waals surface area contributed by atoms with Crippen molar-refractivity contribution in [2.75, 3.05) is 38.4 Å². The summed E-state index contributed by atoms with van der Waals surface area (Å²) in [5.74, 6) is 0.0678. The highest BCUT2D eigenvalue weighted by atomic mass is 16.7. The van der Waals surface area contributed by atoms with Crippen LogP contribution in [0.2, 0.25) is 0 Å². The van der Waals surface area contributed by atoms with E-state index in [4.69, 9.17) is 18.9 Å². The van der Waals surface area contributed by atoms with Gasteiger partial charge in [0.05, 0.1) is 29.8 Å². The topological polar surface area (TPSA) is 112 Å². The van der Waals surface area contributed by atoms with Crippen LogP contribution >= 0.6 is 0 Å². The van der Waals surface area contributed by atoms with Crippen LogP contribution < -0.4 is 14.8 Å². The van der Waals surface area contributed by atoms with E-state index in [1.54, 1.807) is 6.07 Å². The molecule has 186 valence electrons. The minimum Gasteiger partial charge on any atom is -0.454 e. The summed E-state index contributed by atoms with van der Waals surface area (Å²) in [7, 11) is 0. The summed E-state index contributed by atoms with van der Waals surface area (Å²) < 4.78 is 22.5. The second kappa shape index (κ2) is 9.44. The molecule has 0 saturated carbocycles. The van der Waals surface area contributed by atoms with Gasteiger partial charge in [0.25, 0.3) is 5.69 Å². The Morgan fingerprint density at radius 3 is 2.29 bits per heavy atom. The fourth-order valence-corrected chi connectivity index (χ4v) is 4.90. The van der Waals surface area contributed by atoms with Gasteiger partial charge < -0.3 is 24.3 Å². The molecule has 10 heteroatoms. The molecule has 2 saturated heterocycles. The van der Waals surface area contributed by atoms with Gasteiger partial charge in [0.2, 0.25) is 12.7 Å². The number of anilines is 1. The van der Waals surface area contributed by atoms with Crippen molar-refractivity contribution in [1.82, 2.24) is 4.90 Å². The van der Waals surface area contributed by atoms with Crippen LogP contribution in [0.1, 0.15) is 49.8 Å². The number of benzene rings is 2. The molecule has 3 heterocycles. The smallest absolute Gasteiger partial charge is 0.278 e. The first-order valence-corrected chi connectivity index (χ1v) is 11.9. The van der Waals surface area contributed by atoms with Crippen molar-refractivity contribution >= 4 is 17.3 Å². The molecule has 0 aromatic heterocycles. The fraction of sp³-hybridized carbons (Fsp3) is 0.480. The normalized spacial score (nSPS) is 19.7. The van der Waals surface area contributed by atoms with Gasteiger partial charge in [-0.15, -0.1) is 0 Å². The monoisotopic (exact) mass is 483 g/mol. The first-order valence-electron chi connectivity index (χ1n) is 11.9. The summed E-state index contributed by atoms with van der Waals surface area (Å²) in [6, 6.07) is 9.63. The third kappa shape index (κ3) is 4.69. The quantitative estimate of drug-likeness (QED) is 0.485. The van der Waals surface area contributed by atoms with Gasteiger partial charge in [-0.05, 0) is 29.7 Å². The lowest BCUT2D eigenvalue weighted by atomic mass is 9.96. The Labute approximate surface area is 203 Å². The molecule has 0 aliphatic carbocycles. The van der Waals surface area contributed by atoms with E-state index >= 15 is 0 Å². The lowest BCUT2D eigenvalue weighted by molar-refractivity contribution is -0.386. The second-order valence-corrected chi connectivity index (χ2v) is 9.33. The van der Waals surface area contributed by atoms with Crippen molar-refractivity contribution in [3.63, 3.8) is 0 Å². The zero-order chi connectivity index (χ0) is 24.6. The van der Waals surface area contributed by atoms with Crippen molar-refractivity contribution < 1.29 is 28.7 Å². The summed E-state index contributed by atoms with van der Waals surface area (Å²) in [5, 5.41) is 15.0. The number of amides is 1. The number of hydrogen-bond donors (Lipinski definition) is 1. The number of likely N-dealkylation sites (tertiary alicyclic amines) is 1. The molecule has 3 aliphatic heterocycles. The highest BCUT2D eigenvalue weighted by Gasteiger charge is 2.44. The highest BCUT2D eigenvalue weighted by molar-refractivity contribution is 5.96. The number of hydrogen-bond acceptors (Lipinski definition) is 8. The van der Waals surface area contributed by atoms with Crippen molar-refractivity contribution in [2.45, 2.75) is 44.4 Å². The van der Waals surface area contributed by atoms with Crippen LogP contribution in [0.3, 0.4) is 0 Å². The Morgan fingerprint density at radius 1 is 1.06 bits per heavy atom. The number of nitrogens with one attached hydrogen (secondary N) is 1. The molecule has 2 fully saturated rings. The number of rotatable bonds is 6. The van der Waals surface area contributed by atoms with Crippen LogP contribution in [0.5, 0.6) is 11.5 Å². The summed E-state index contributed by atoms with van der Waals surface area (Å²) in [4.78, 5) is 27.2. The maximum atomic E-state index is 13.7. The molecule has 0 radical (unpaired) electrons. The van der Waals surface area contributed by atoms with Gasteiger partial charge in [0.15, 0.2) is 17.3 Å². The van der Waals surface area contributed by atoms with Gasteiger partial charge in [-0.1, -0.05) is 26.0 Å². The molecule has 2 aromatic rings. The molecule has 0 bridgehead atoms. The van der Waals surface area contributed by atoms with E-state index in [-0.39, 0.29) is 24.0 Å². The van der Waals surface area contributed by atoms with Gasteiger partial charge in [-0.3, -0.25) is 19.8 Å². The van der Waals surface area contributed by atoms with Crippen molar-refractivity contribution in [3.8, 4) is 11.5 Å². The van der Waals surface area contributed by atoms with E-state index < -0.39 is 16.8 Å². The summed E-state index contributed by atoms with van der Waals surface area (Å²) in [6.45, 7) is 6.24. The largest absolute Gasteiger partial charge is 0.454 e. The van der Waals surface area contributed by atoms with Gasteiger partial charge in [-0.25, -0.2) is 0 Å². The van der Waals surface area contributed by atoms with Crippen LogP contribution in [-0.2, 0) is 14.3 Å². The third-order valence-electron chi connectivity index (χ3n) is 6.84. The number of carbonyl (C=O) groups is 1. The van der Waals surface area contributed by atoms with Crippen LogP contribution in [0.15, 0.2) is 36.4 Å². The van der Waals surface area contributed by atoms with Crippen LogP contribution in [0.4, 0.5) is 11.4 Å². The first kappa shape index (κ1) is 23.5. The van der Waals surface area contributed by atoms with Crippen LogP contribution in [-0.4, -0.2) is 54.6 Å². The minimum absolute atomic E-state index is 0.0179. The first-order chi connectivity index (χ1) is 16.8. The predicted octanol–water partition coefficient (Wildman–Crippen LogP) is 3.97. The molecule has 0 unspecified atom stereocenters. The molecule has 1 atom stereocenters. The fourth-order valence-electron chi connectivity index (χ4n) is 4.90. The van der Waals surface area contributed by atoms with E-state index in [0.29, 0.717) is 62.2 Å². The summed E-state index contributed by atoms with van der Waals surface area (Å²) >= 11 is 0. The van der Waals surface area contributed by atoms with Gasteiger partial charge >= 0.3 is 0 Å². The Balaban J connectivity index is 1.47. The highest BCUT2D eigenvalue weighted by Crippen LogP contribution is 2.43. The molecule has 3 aliphatic rings. The molecule has 5 rings (SSSR count). The minimum atomic E-state index is -0.909. The van der Waals surface area contributed by atoms with Crippen LogP contribution in [0.25, 0.3) is 0 Å². The number of fused-ring (bicyclic) bond motifs is 1. The van der Waals surface area contributed by atoms with Gasteiger partial charge in [-0.2, -0.15) is 0 Å². The molecule has 35 heavy (non-hydrogen) atoms. The summed E-state index contributed by atoms with van der Waals surface area (Å²) in [5.41, 5.74) is 1.87. The van der Waals surface area contributed by atoms with E-state index in [2.05, 4.69) is 19.2 Å². The lowest BCUT2D eigenvalue weighted by Gasteiger charge is -2.40. The van der Waals surface area contributed by atoms with E-state index in [0.717, 1.165) is 5.56 Å². The number of nitro benzene ring substituents is 1. The average Bonchev–Trinajstić information content (AvgIpc) is 3.49. The number of ether oxygens (including phenoxy) is 4. The van der Waals surface area contributed by atoms with Gasteiger partial charge in [0.1, 0.15) is 6.04 Å². The van der Waals surface area contributed by atoms with Crippen molar-refractivity contribution in [2.24, 2.45) is 0 Å². The van der Waals surface area contributed by atoms with E-state index in [9.17, 15) is 14.9 Å². The number of nitro groups is 1. The molecule has 1 spiro atoms. The van der Waals surface area contributed by atoms with E-state index in [1.807, 2.05) is 29.2 Å². The molecule has 1 N–H and O–H groups in total. The number of carbonyl (C=O) groups excluding carboxylic acids is 1.